The number of aliphatic hydroxyl groups excluding tert-OH is 1. The summed E-state index contributed by atoms with van der Waals surface area (Å²) >= 11 is 0. The van der Waals surface area contributed by atoms with Crippen LogP contribution in [0.4, 0.5) is 0 Å². The summed E-state index contributed by atoms with van der Waals surface area (Å²) in [7, 11) is 0. The van der Waals surface area contributed by atoms with Crippen molar-refractivity contribution in [2.45, 2.75) is 6.10 Å². The molecule has 0 amide bonds. The van der Waals surface area contributed by atoms with Gasteiger partial charge in [-0.05, 0) is 6.08 Å². The van der Waals surface area contributed by atoms with Gasteiger partial charge >= 0.3 is 0 Å². The molecule has 0 saturated carbocycles. The van der Waals surface area contributed by atoms with E-state index < -0.39 is 6.10 Å². The maximum absolute atomic E-state index is 8.64. The standard InChI is InChI=1S/C6H5O/c7-6-4-2-1-3-5-6/h2-4,6-7H. The molecular formula is C6H5O. The van der Waals surface area contributed by atoms with Crippen molar-refractivity contribution in [2.75, 3.05) is 0 Å². The summed E-state index contributed by atoms with van der Waals surface area (Å²) < 4.78 is 0. The van der Waals surface area contributed by atoms with Crippen LogP contribution in [0.5, 0.6) is 0 Å². The van der Waals surface area contributed by atoms with Crippen molar-refractivity contribution < 1.29 is 5.11 Å². The predicted molar refractivity (Wildman–Crippen MR) is 26.2 cm³/mol. The zero-order chi connectivity index (χ0) is 5.11. The molecule has 35 valence electrons. The highest BCUT2D eigenvalue weighted by Gasteiger charge is 1.96. The molecule has 0 aromatic heterocycles. The van der Waals surface area contributed by atoms with Crippen LogP contribution < -0.4 is 0 Å². The molecule has 0 aromatic carbocycles. The fourth-order valence-corrected chi connectivity index (χ4v) is 0.384. The quantitative estimate of drug-likeness (QED) is 0.458. The van der Waals surface area contributed by atoms with Crippen LogP contribution in [0.2, 0.25) is 0 Å². The van der Waals surface area contributed by atoms with E-state index in [1.165, 1.54) is 0 Å². The lowest BCUT2D eigenvalue weighted by Gasteiger charge is -1.99. The zero-order valence-corrected chi connectivity index (χ0v) is 3.76. The van der Waals surface area contributed by atoms with Gasteiger partial charge in [-0.25, -0.2) is 0 Å². The van der Waals surface area contributed by atoms with Crippen molar-refractivity contribution in [3.8, 4) is 0 Å². The number of rotatable bonds is 0. The number of hydrogen-bond acceptors (Lipinski definition) is 1. The average molecular weight is 93.1 g/mol. The van der Waals surface area contributed by atoms with Gasteiger partial charge in [-0.2, -0.15) is 0 Å². The minimum atomic E-state index is -0.513. The summed E-state index contributed by atoms with van der Waals surface area (Å²) in [6.07, 6.45) is 9.69. The minimum absolute atomic E-state index is 0.513. The molecule has 7 heavy (non-hydrogen) atoms. The van der Waals surface area contributed by atoms with Gasteiger partial charge in [-0.15, -0.1) is 0 Å². The second-order valence-electron chi connectivity index (χ2n) is 1.28. The highest BCUT2D eigenvalue weighted by atomic mass is 16.3. The molecule has 0 aliphatic heterocycles. The van der Waals surface area contributed by atoms with E-state index in [0.717, 1.165) is 0 Å². The molecular weight excluding hydrogens is 88.1 g/mol. The SMILES string of the molecule is OC1[C]C=[C]C=C1. The highest BCUT2D eigenvalue weighted by molar-refractivity contribution is 5.15. The lowest BCUT2D eigenvalue weighted by atomic mass is 10.1. The molecule has 0 saturated heterocycles. The van der Waals surface area contributed by atoms with Crippen molar-refractivity contribution in [1.29, 1.82) is 0 Å². The van der Waals surface area contributed by atoms with Gasteiger partial charge in [-0.3, -0.25) is 0 Å². The molecule has 0 bridgehead atoms. The first-order valence-electron chi connectivity index (χ1n) is 2.08. The first-order valence-corrected chi connectivity index (χ1v) is 2.08. The molecule has 0 spiro atoms. The molecule has 1 atom stereocenters. The zero-order valence-electron chi connectivity index (χ0n) is 3.76. The van der Waals surface area contributed by atoms with E-state index in [-0.39, 0.29) is 0 Å². The van der Waals surface area contributed by atoms with Crippen molar-refractivity contribution in [3.63, 3.8) is 0 Å². The van der Waals surface area contributed by atoms with E-state index in [4.69, 9.17) is 5.11 Å². The second-order valence-corrected chi connectivity index (χ2v) is 1.28. The van der Waals surface area contributed by atoms with Crippen LogP contribution in [0, 0.1) is 12.5 Å². The Morgan fingerprint density at radius 2 is 2.43 bits per heavy atom. The Morgan fingerprint density at radius 1 is 1.57 bits per heavy atom. The molecule has 1 N–H and O–H groups in total. The van der Waals surface area contributed by atoms with Crippen molar-refractivity contribution in [2.24, 2.45) is 0 Å². The van der Waals surface area contributed by atoms with E-state index in [2.05, 4.69) is 12.5 Å². The van der Waals surface area contributed by atoms with Crippen molar-refractivity contribution >= 4 is 0 Å². The molecule has 1 aliphatic rings. The molecule has 1 unspecified atom stereocenters. The van der Waals surface area contributed by atoms with E-state index in [1.54, 1.807) is 18.2 Å². The Hall–Kier alpha value is -0.560. The Bertz CT molecular complexity index is 103. The Kier molecular flexibility index (Phi) is 1.27. The third-order valence-electron chi connectivity index (χ3n) is 0.712. The van der Waals surface area contributed by atoms with Crippen molar-refractivity contribution in [3.05, 3.63) is 30.7 Å². The third-order valence-corrected chi connectivity index (χ3v) is 0.712. The number of allylic oxidation sites excluding steroid dienone is 2. The summed E-state index contributed by atoms with van der Waals surface area (Å²) in [5, 5.41) is 8.64. The largest absolute Gasteiger partial charge is 0.388 e. The topological polar surface area (TPSA) is 20.2 Å². The summed E-state index contributed by atoms with van der Waals surface area (Å²) in [6.45, 7) is 0. The van der Waals surface area contributed by atoms with Gasteiger partial charge in [0.05, 0.1) is 6.10 Å². The van der Waals surface area contributed by atoms with Crippen LogP contribution in [0.1, 0.15) is 0 Å². The van der Waals surface area contributed by atoms with Gasteiger partial charge in [0.25, 0.3) is 0 Å². The van der Waals surface area contributed by atoms with Crippen LogP contribution in [0.25, 0.3) is 0 Å². The van der Waals surface area contributed by atoms with Gasteiger partial charge in [-0.1, -0.05) is 18.2 Å². The molecule has 0 fully saturated rings. The molecule has 0 heterocycles. The van der Waals surface area contributed by atoms with Crippen LogP contribution >= 0.6 is 0 Å². The van der Waals surface area contributed by atoms with E-state index >= 15 is 0 Å². The smallest absolute Gasteiger partial charge is 0.0834 e. The van der Waals surface area contributed by atoms with Gasteiger partial charge in [0.2, 0.25) is 0 Å². The maximum atomic E-state index is 8.64. The van der Waals surface area contributed by atoms with Crippen LogP contribution in [0.3, 0.4) is 0 Å². The summed E-state index contributed by atoms with van der Waals surface area (Å²) in [6, 6.07) is 0. The normalized spacial score (nSPS) is 28.4. The lowest BCUT2D eigenvalue weighted by Crippen LogP contribution is -2.01. The Balaban J connectivity index is 2.49. The maximum Gasteiger partial charge on any atom is 0.0834 e. The van der Waals surface area contributed by atoms with Crippen LogP contribution in [0.15, 0.2) is 18.2 Å². The van der Waals surface area contributed by atoms with Crippen LogP contribution in [-0.2, 0) is 0 Å². The predicted octanol–water partition coefficient (Wildman–Crippen LogP) is 0.358. The molecule has 1 rings (SSSR count). The Morgan fingerprint density at radius 3 is 2.71 bits per heavy atom. The molecule has 1 aliphatic carbocycles. The molecule has 1 nitrogen and oxygen atoms in total. The summed E-state index contributed by atoms with van der Waals surface area (Å²) in [5.41, 5.74) is 0. The minimum Gasteiger partial charge on any atom is -0.388 e. The second kappa shape index (κ2) is 1.94. The third kappa shape index (κ3) is 1.16. The first kappa shape index (κ1) is 4.60. The fourth-order valence-electron chi connectivity index (χ4n) is 0.384. The fraction of sp³-hybridized carbons (Fsp3) is 0.167. The Labute approximate surface area is 43.0 Å². The van der Waals surface area contributed by atoms with Gasteiger partial charge in [0, 0.05) is 6.42 Å². The van der Waals surface area contributed by atoms with Crippen LogP contribution in [-0.4, -0.2) is 11.2 Å². The lowest BCUT2D eigenvalue weighted by molar-refractivity contribution is 0.259. The monoisotopic (exact) mass is 93.0 g/mol. The molecule has 1 heteroatoms. The van der Waals surface area contributed by atoms with Gasteiger partial charge in [0.15, 0.2) is 0 Å². The number of aliphatic hydroxyl groups is 1. The molecule has 0 aromatic rings. The summed E-state index contributed by atoms with van der Waals surface area (Å²) in [4.78, 5) is 0. The first-order chi connectivity index (χ1) is 3.39. The van der Waals surface area contributed by atoms with E-state index in [9.17, 15) is 0 Å². The molecule has 3 radical (unpaired) electrons. The highest BCUT2D eigenvalue weighted by Crippen LogP contribution is 1.98. The van der Waals surface area contributed by atoms with E-state index in [1.807, 2.05) is 0 Å². The summed E-state index contributed by atoms with van der Waals surface area (Å²) in [5.74, 6) is 0. The van der Waals surface area contributed by atoms with Crippen molar-refractivity contribution in [1.82, 2.24) is 0 Å². The average Bonchev–Trinajstić information content (AvgIpc) is 1.69. The number of hydrogen-bond donors (Lipinski definition) is 1. The van der Waals surface area contributed by atoms with E-state index in [0.29, 0.717) is 0 Å². The van der Waals surface area contributed by atoms with Gasteiger partial charge < -0.3 is 5.11 Å². The van der Waals surface area contributed by atoms with Gasteiger partial charge in [0.1, 0.15) is 0 Å².